The van der Waals surface area contributed by atoms with Gasteiger partial charge in [0.1, 0.15) is 0 Å². The highest BCUT2D eigenvalue weighted by atomic mass is 14.8. The lowest BCUT2D eigenvalue weighted by molar-refractivity contribution is 1.42. The SMILES string of the molecule is [2H]c1nc2c([nH]c3c([2H])c([2H])c([2H])c([2H])c32)c([2H])c1[2H]. The van der Waals surface area contributed by atoms with Crippen molar-refractivity contribution < 1.29 is 9.60 Å². The van der Waals surface area contributed by atoms with E-state index >= 15 is 0 Å². The van der Waals surface area contributed by atoms with Gasteiger partial charge in [-0.2, -0.15) is 0 Å². The molecule has 0 unspecified atom stereocenters. The number of rotatable bonds is 0. The van der Waals surface area contributed by atoms with Crippen LogP contribution in [0.3, 0.4) is 0 Å². The zero-order chi connectivity index (χ0) is 14.8. The fraction of sp³-hybridized carbons (Fsp3) is 0. The maximum Gasteiger partial charge on any atom is 0.0957 e. The summed E-state index contributed by atoms with van der Waals surface area (Å²) in [5, 5.41) is 0.146. The van der Waals surface area contributed by atoms with E-state index in [1.54, 1.807) is 0 Å². The predicted molar refractivity (Wildman–Crippen MR) is 53.6 cm³/mol. The first-order chi connectivity index (χ1) is 9.34. The average molecular weight is 175 g/mol. The van der Waals surface area contributed by atoms with Gasteiger partial charge in [-0.25, -0.2) is 0 Å². The van der Waals surface area contributed by atoms with Crippen LogP contribution in [-0.2, 0) is 0 Å². The Morgan fingerprint density at radius 2 is 1.92 bits per heavy atom. The Morgan fingerprint density at radius 1 is 1.08 bits per heavy atom. The lowest BCUT2D eigenvalue weighted by Gasteiger charge is -1.86. The highest BCUT2D eigenvalue weighted by Crippen LogP contribution is 2.22. The Hall–Kier alpha value is -1.83. The van der Waals surface area contributed by atoms with Gasteiger partial charge in [0.05, 0.1) is 20.6 Å². The molecule has 62 valence electrons. The number of hydrogen-bond acceptors (Lipinski definition) is 1. The summed E-state index contributed by atoms with van der Waals surface area (Å²) < 4.78 is 53.9. The van der Waals surface area contributed by atoms with E-state index in [0.717, 1.165) is 0 Å². The van der Waals surface area contributed by atoms with Gasteiger partial charge in [0.15, 0.2) is 0 Å². The number of H-pyrrole nitrogens is 1. The molecule has 0 aliphatic carbocycles. The zero-order valence-corrected chi connectivity index (χ0v) is 6.45. The molecule has 3 rings (SSSR count). The number of nitrogens with zero attached hydrogens (tertiary/aromatic N) is 1. The monoisotopic (exact) mass is 175 g/mol. The zero-order valence-electron chi connectivity index (χ0n) is 13.4. The van der Waals surface area contributed by atoms with Gasteiger partial charge in [-0.15, -0.1) is 0 Å². The summed E-state index contributed by atoms with van der Waals surface area (Å²) in [4.78, 5) is 6.60. The summed E-state index contributed by atoms with van der Waals surface area (Å²) in [6.45, 7) is 0. The van der Waals surface area contributed by atoms with Crippen LogP contribution >= 0.6 is 0 Å². The Balaban J connectivity index is 2.67. The molecule has 0 saturated carbocycles. The van der Waals surface area contributed by atoms with Crippen LogP contribution in [0.5, 0.6) is 0 Å². The molecule has 0 atom stereocenters. The van der Waals surface area contributed by atoms with Crippen molar-refractivity contribution in [1.82, 2.24) is 9.97 Å². The molecule has 3 aromatic rings. The van der Waals surface area contributed by atoms with Gasteiger partial charge >= 0.3 is 0 Å². The van der Waals surface area contributed by atoms with Crippen LogP contribution in [0.1, 0.15) is 9.60 Å². The standard InChI is InChI=1S/C11H8N2/c1-2-5-9-8(4-1)11-10(13-9)6-3-7-12-11/h1-7,13H/i1D,2D,3D,4D,5D,6D,7D. The van der Waals surface area contributed by atoms with E-state index in [1.807, 2.05) is 0 Å². The van der Waals surface area contributed by atoms with E-state index < -0.39 is 12.2 Å². The van der Waals surface area contributed by atoms with Gasteiger partial charge in [-0.05, 0) is 18.1 Å². The summed E-state index contributed by atoms with van der Waals surface area (Å²) in [6, 6.07) is -1.88. The molecule has 0 aliphatic heterocycles. The minimum Gasteiger partial charge on any atom is -0.353 e. The molecule has 1 N–H and O–H groups in total. The summed E-state index contributed by atoms with van der Waals surface area (Å²) in [5.74, 6) is 0. The fourth-order valence-corrected chi connectivity index (χ4v) is 1.27. The van der Waals surface area contributed by atoms with E-state index in [9.17, 15) is 0 Å². The molecular formula is C11H8N2. The summed E-state index contributed by atoms with van der Waals surface area (Å²) in [7, 11) is 0. The van der Waals surface area contributed by atoms with Crippen LogP contribution in [-0.4, -0.2) is 9.97 Å². The molecular weight excluding hydrogens is 160 g/mol. The van der Waals surface area contributed by atoms with Gasteiger partial charge < -0.3 is 4.98 Å². The molecule has 0 aliphatic rings. The van der Waals surface area contributed by atoms with Crippen LogP contribution in [0.15, 0.2) is 42.4 Å². The molecule has 0 amide bonds. The van der Waals surface area contributed by atoms with Gasteiger partial charge in [-0.1, -0.05) is 18.1 Å². The van der Waals surface area contributed by atoms with Gasteiger partial charge in [-0.3, -0.25) is 4.98 Å². The minimum absolute atomic E-state index is 0.123. The smallest absolute Gasteiger partial charge is 0.0957 e. The van der Waals surface area contributed by atoms with E-state index in [2.05, 4.69) is 9.97 Å². The molecule has 0 fully saturated rings. The predicted octanol–water partition coefficient (Wildman–Crippen LogP) is 2.72. The van der Waals surface area contributed by atoms with Crippen molar-refractivity contribution in [2.45, 2.75) is 0 Å². The summed E-state index contributed by atoms with van der Waals surface area (Å²) in [6.07, 6.45) is -0.393. The van der Waals surface area contributed by atoms with Crippen molar-refractivity contribution in [3.8, 4) is 0 Å². The second kappa shape index (κ2) is 2.33. The van der Waals surface area contributed by atoms with Gasteiger partial charge in [0, 0.05) is 17.1 Å². The first-order valence-electron chi connectivity index (χ1n) is 7.20. The quantitative estimate of drug-likeness (QED) is 0.559. The fourth-order valence-electron chi connectivity index (χ4n) is 1.27. The number of hydrogen-bond donors (Lipinski definition) is 1. The third kappa shape index (κ3) is 0.855. The first kappa shape index (κ1) is 2.84. The molecule has 2 nitrogen and oxygen atoms in total. The summed E-state index contributed by atoms with van der Waals surface area (Å²) >= 11 is 0. The van der Waals surface area contributed by atoms with Crippen molar-refractivity contribution >= 4 is 21.9 Å². The lowest BCUT2D eigenvalue weighted by Crippen LogP contribution is -1.70. The van der Waals surface area contributed by atoms with Crippen molar-refractivity contribution in [1.29, 1.82) is 0 Å². The van der Waals surface area contributed by atoms with Crippen molar-refractivity contribution in [2.75, 3.05) is 0 Å². The Morgan fingerprint density at radius 3 is 2.92 bits per heavy atom. The highest BCUT2D eigenvalue weighted by molar-refractivity contribution is 6.04. The maximum absolute atomic E-state index is 7.90. The second-order valence-corrected chi connectivity index (χ2v) is 2.57. The molecule has 2 heteroatoms. The molecule has 0 radical (unpaired) electrons. The van der Waals surface area contributed by atoms with Gasteiger partial charge in [0.25, 0.3) is 0 Å². The largest absolute Gasteiger partial charge is 0.353 e. The number of fused-ring (bicyclic) bond motifs is 3. The number of para-hydroxylation sites is 1. The van der Waals surface area contributed by atoms with E-state index in [4.69, 9.17) is 9.60 Å². The lowest BCUT2D eigenvalue weighted by atomic mass is 10.2. The van der Waals surface area contributed by atoms with E-state index in [-0.39, 0.29) is 52.1 Å². The van der Waals surface area contributed by atoms with Crippen molar-refractivity contribution in [2.24, 2.45) is 0 Å². The van der Waals surface area contributed by atoms with Crippen molar-refractivity contribution in [3.63, 3.8) is 0 Å². The van der Waals surface area contributed by atoms with E-state index in [1.165, 1.54) is 0 Å². The van der Waals surface area contributed by atoms with Crippen LogP contribution in [0, 0.1) is 0 Å². The molecule has 2 aromatic heterocycles. The molecule has 1 aromatic carbocycles. The Bertz CT molecular complexity index is 884. The second-order valence-electron chi connectivity index (χ2n) is 2.57. The summed E-state index contributed by atoms with van der Waals surface area (Å²) in [5.41, 5.74) is 0.406. The molecule has 2 heterocycles. The van der Waals surface area contributed by atoms with Crippen LogP contribution < -0.4 is 0 Å². The van der Waals surface area contributed by atoms with Crippen molar-refractivity contribution in [3.05, 3.63) is 42.4 Å². The Labute approximate surface area is 85.1 Å². The van der Waals surface area contributed by atoms with Gasteiger partial charge in [0.2, 0.25) is 0 Å². The minimum atomic E-state index is -0.393. The molecule has 0 bridgehead atoms. The average Bonchev–Trinajstić information content (AvgIpc) is 2.80. The molecule has 13 heavy (non-hydrogen) atoms. The molecule has 0 saturated heterocycles. The van der Waals surface area contributed by atoms with E-state index in [0.29, 0.717) is 0 Å². The van der Waals surface area contributed by atoms with Crippen LogP contribution in [0.4, 0.5) is 0 Å². The number of benzene rings is 1. The van der Waals surface area contributed by atoms with Crippen LogP contribution in [0.25, 0.3) is 21.9 Å². The maximum atomic E-state index is 7.90. The number of aromatic nitrogens is 2. The molecule has 0 spiro atoms. The van der Waals surface area contributed by atoms with Crippen LogP contribution in [0.2, 0.25) is 0 Å². The third-order valence-electron chi connectivity index (χ3n) is 1.82. The third-order valence-corrected chi connectivity index (χ3v) is 1.82. The number of nitrogens with one attached hydrogen (secondary N) is 1. The normalized spacial score (nSPS) is 18.6. The highest BCUT2D eigenvalue weighted by Gasteiger charge is 2.01. The number of pyridine rings is 1. The topological polar surface area (TPSA) is 28.7 Å². The first-order valence-corrected chi connectivity index (χ1v) is 3.70. The number of aromatic amines is 1. The Kier molecular flexibility index (Phi) is 0.508.